The molecule has 1 heterocycles. The molecule has 1 amide bonds. The Hall–Kier alpha value is -2.90. The summed E-state index contributed by atoms with van der Waals surface area (Å²) in [7, 11) is 0. The molecule has 6 nitrogen and oxygen atoms in total. The molecule has 0 aliphatic rings. The number of nitrogens with zero attached hydrogens (tertiary/aromatic N) is 2. The first-order valence-corrected chi connectivity index (χ1v) is 5.76. The van der Waals surface area contributed by atoms with Crippen molar-refractivity contribution < 1.29 is 18.5 Å². The van der Waals surface area contributed by atoms with Crippen LogP contribution in [-0.2, 0) is 0 Å². The van der Waals surface area contributed by atoms with Crippen molar-refractivity contribution in [2.75, 3.05) is 5.32 Å². The highest BCUT2D eigenvalue weighted by atomic mass is 19.1. The van der Waals surface area contributed by atoms with Crippen molar-refractivity contribution in [3.05, 3.63) is 63.5 Å². The molecule has 1 N–H and O–H groups in total. The lowest BCUT2D eigenvalue weighted by atomic mass is 10.1. The van der Waals surface area contributed by atoms with E-state index in [9.17, 15) is 23.7 Å². The van der Waals surface area contributed by atoms with Crippen molar-refractivity contribution in [3.63, 3.8) is 0 Å². The maximum atomic E-state index is 13.3. The number of rotatable bonds is 3. The Morgan fingerprint density at radius 3 is 2.62 bits per heavy atom. The van der Waals surface area contributed by atoms with Gasteiger partial charge in [-0.1, -0.05) is 0 Å². The maximum absolute atomic E-state index is 13.3. The van der Waals surface area contributed by atoms with E-state index in [1.807, 2.05) is 0 Å². The van der Waals surface area contributed by atoms with E-state index in [0.717, 1.165) is 18.2 Å². The van der Waals surface area contributed by atoms with Crippen LogP contribution in [0, 0.1) is 28.9 Å². The molecule has 2 rings (SSSR count). The number of carbonyl (C=O) groups excluding carboxylic acids is 1. The van der Waals surface area contributed by atoms with Crippen molar-refractivity contribution in [1.82, 2.24) is 4.98 Å². The van der Waals surface area contributed by atoms with Gasteiger partial charge >= 0.3 is 0 Å². The number of hydrogen-bond acceptors (Lipinski definition) is 4. The molecule has 0 fully saturated rings. The van der Waals surface area contributed by atoms with E-state index < -0.39 is 22.7 Å². The number of nitro groups is 1. The third-order valence-electron chi connectivity index (χ3n) is 2.60. The molecule has 2 aromatic rings. The van der Waals surface area contributed by atoms with E-state index in [1.54, 1.807) is 6.92 Å². The van der Waals surface area contributed by atoms with Crippen LogP contribution in [0.2, 0.25) is 0 Å². The quantitative estimate of drug-likeness (QED) is 0.535. The van der Waals surface area contributed by atoms with Gasteiger partial charge in [0, 0.05) is 17.7 Å². The minimum absolute atomic E-state index is 0.00887. The number of benzene rings is 1. The molecule has 0 aliphatic carbocycles. The van der Waals surface area contributed by atoms with Gasteiger partial charge in [0.05, 0.1) is 10.6 Å². The fourth-order valence-corrected chi connectivity index (χ4v) is 1.70. The number of nitro benzene ring substituents is 1. The monoisotopic (exact) mass is 293 g/mol. The largest absolute Gasteiger partial charge is 0.318 e. The highest BCUT2D eigenvalue weighted by Crippen LogP contribution is 2.19. The third-order valence-corrected chi connectivity index (χ3v) is 2.60. The number of pyridine rings is 1. The van der Waals surface area contributed by atoms with E-state index >= 15 is 0 Å². The molecule has 0 saturated carbocycles. The van der Waals surface area contributed by atoms with Gasteiger partial charge in [-0.15, -0.1) is 0 Å². The van der Waals surface area contributed by atoms with Crippen LogP contribution in [0.5, 0.6) is 0 Å². The molecule has 0 unspecified atom stereocenters. The number of non-ortho nitro benzene ring substituents is 1. The molecule has 1 aromatic carbocycles. The van der Waals surface area contributed by atoms with Gasteiger partial charge in [-0.25, -0.2) is 0 Å². The average Bonchev–Trinajstić information content (AvgIpc) is 2.41. The van der Waals surface area contributed by atoms with Gasteiger partial charge in [0.2, 0.25) is 11.9 Å². The molecule has 21 heavy (non-hydrogen) atoms. The molecule has 0 spiro atoms. The Bertz CT molecular complexity index is 735. The van der Waals surface area contributed by atoms with E-state index in [-0.39, 0.29) is 16.9 Å². The van der Waals surface area contributed by atoms with E-state index in [1.165, 1.54) is 12.1 Å². The Labute approximate surface area is 117 Å². The molecule has 108 valence electrons. The summed E-state index contributed by atoms with van der Waals surface area (Å²) in [6.07, 6.45) is 0. The molecular weight excluding hydrogens is 284 g/mol. The number of amides is 1. The summed E-state index contributed by atoms with van der Waals surface area (Å²) in [5.41, 5.74) is -0.0686. The van der Waals surface area contributed by atoms with Crippen LogP contribution < -0.4 is 5.32 Å². The van der Waals surface area contributed by atoms with Crippen LogP contribution >= 0.6 is 0 Å². The first-order valence-electron chi connectivity index (χ1n) is 5.76. The standard InChI is InChI=1S/C13H9F2N3O3/c1-7-4-8(6-9(5-7)18(20)21)13(19)16-10-2-3-11(14)17-12(10)15/h2-6H,1H3,(H,16,19). The minimum atomic E-state index is -1.18. The fraction of sp³-hybridized carbons (Fsp3) is 0.0769. The molecular formula is C13H9F2N3O3. The summed E-state index contributed by atoms with van der Waals surface area (Å²) in [6, 6.07) is 5.68. The first-order chi connectivity index (χ1) is 9.86. The lowest BCUT2D eigenvalue weighted by Gasteiger charge is -2.06. The van der Waals surface area contributed by atoms with Gasteiger partial charge in [0.25, 0.3) is 11.6 Å². The SMILES string of the molecule is Cc1cc(C(=O)Nc2ccc(F)nc2F)cc([N+](=O)[O-])c1. The van der Waals surface area contributed by atoms with Crippen molar-refractivity contribution in [1.29, 1.82) is 0 Å². The zero-order valence-corrected chi connectivity index (χ0v) is 10.8. The predicted molar refractivity (Wildman–Crippen MR) is 69.9 cm³/mol. The van der Waals surface area contributed by atoms with Crippen LogP contribution in [0.1, 0.15) is 15.9 Å². The van der Waals surface area contributed by atoms with Gasteiger partial charge in [-0.05, 0) is 30.7 Å². The lowest BCUT2D eigenvalue weighted by Crippen LogP contribution is -2.14. The zero-order valence-electron chi connectivity index (χ0n) is 10.8. The second kappa shape index (κ2) is 5.61. The van der Waals surface area contributed by atoms with Crippen molar-refractivity contribution in [2.24, 2.45) is 0 Å². The number of aromatic nitrogens is 1. The molecule has 8 heteroatoms. The number of anilines is 1. The third kappa shape index (κ3) is 3.35. The van der Waals surface area contributed by atoms with Gasteiger partial charge in [-0.2, -0.15) is 13.8 Å². The minimum Gasteiger partial charge on any atom is -0.318 e. The summed E-state index contributed by atoms with van der Waals surface area (Å²) in [5.74, 6) is -2.95. The smallest absolute Gasteiger partial charge is 0.270 e. The summed E-state index contributed by atoms with van der Waals surface area (Å²) in [6.45, 7) is 1.59. The molecule has 0 atom stereocenters. The number of halogens is 2. The lowest BCUT2D eigenvalue weighted by molar-refractivity contribution is -0.384. The van der Waals surface area contributed by atoms with Crippen LogP contribution in [0.25, 0.3) is 0 Å². The highest BCUT2D eigenvalue weighted by Gasteiger charge is 2.15. The fourth-order valence-electron chi connectivity index (χ4n) is 1.70. The number of hydrogen-bond donors (Lipinski definition) is 1. The van der Waals surface area contributed by atoms with Crippen LogP contribution in [0.4, 0.5) is 20.2 Å². The predicted octanol–water partition coefficient (Wildman–Crippen LogP) is 2.83. The van der Waals surface area contributed by atoms with E-state index in [0.29, 0.717) is 5.56 Å². The highest BCUT2D eigenvalue weighted by molar-refractivity contribution is 6.04. The molecule has 0 saturated heterocycles. The second-order valence-corrected chi connectivity index (χ2v) is 4.24. The summed E-state index contributed by atoms with van der Waals surface area (Å²) in [4.78, 5) is 25.0. The van der Waals surface area contributed by atoms with E-state index in [2.05, 4.69) is 10.3 Å². The molecule has 1 aromatic heterocycles. The summed E-state index contributed by atoms with van der Waals surface area (Å²) in [5, 5.41) is 12.9. The van der Waals surface area contributed by atoms with Gasteiger partial charge in [-0.3, -0.25) is 14.9 Å². The number of aryl methyl sites for hydroxylation is 1. The van der Waals surface area contributed by atoms with Crippen molar-refractivity contribution in [3.8, 4) is 0 Å². The average molecular weight is 293 g/mol. The van der Waals surface area contributed by atoms with Crippen LogP contribution in [0.3, 0.4) is 0 Å². The number of nitrogens with one attached hydrogen (secondary N) is 1. The topological polar surface area (TPSA) is 85.1 Å². The van der Waals surface area contributed by atoms with Gasteiger partial charge in [0.15, 0.2) is 0 Å². The maximum Gasteiger partial charge on any atom is 0.270 e. The van der Waals surface area contributed by atoms with Gasteiger partial charge < -0.3 is 5.32 Å². The normalized spacial score (nSPS) is 10.2. The summed E-state index contributed by atoms with van der Waals surface area (Å²) >= 11 is 0. The molecule has 0 bridgehead atoms. The number of carbonyl (C=O) groups is 1. The van der Waals surface area contributed by atoms with Crippen molar-refractivity contribution >= 4 is 17.3 Å². The molecule has 0 radical (unpaired) electrons. The molecule has 0 aliphatic heterocycles. The Balaban J connectivity index is 2.30. The van der Waals surface area contributed by atoms with Crippen molar-refractivity contribution in [2.45, 2.75) is 6.92 Å². The van der Waals surface area contributed by atoms with Crippen LogP contribution in [0.15, 0.2) is 30.3 Å². The first kappa shape index (κ1) is 14.5. The summed E-state index contributed by atoms with van der Waals surface area (Å²) < 4.78 is 26.0. The Kier molecular flexibility index (Phi) is 3.88. The van der Waals surface area contributed by atoms with Crippen LogP contribution in [-0.4, -0.2) is 15.8 Å². The second-order valence-electron chi connectivity index (χ2n) is 4.24. The zero-order chi connectivity index (χ0) is 15.6. The Morgan fingerprint density at radius 1 is 1.29 bits per heavy atom. The Morgan fingerprint density at radius 2 is 2.00 bits per heavy atom. The van der Waals surface area contributed by atoms with Gasteiger partial charge in [0.1, 0.15) is 0 Å². The van der Waals surface area contributed by atoms with E-state index in [4.69, 9.17) is 0 Å².